The van der Waals surface area contributed by atoms with E-state index in [2.05, 4.69) is 5.09 Å². The third kappa shape index (κ3) is 1.74. The standard InChI is InChI=1S/C7H6NO2PS2/c9-11(13)8-7(12)5-3-1-2-4-6(5)10-11/h1-4H,(H2,8,9,12,13). The van der Waals surface area contributed by atoms with E-state index in [1.165, 1.54) is 0 Å². The highest BCUT2D eigenvalue weighted by Crippen LogP contribution is 2.44. The van der Waals surface area contributed by atoms with E-state index in [0.717, 1.165) is 5.56 Å². The lowest BCUT2D eigenvalue weighted by Gasteiger charge is -2.26. The summed E-state index contributed by atoms with van der Waals surface area (Å²) < 4.78 is 5.17. The van der Waals surface area contributed by atoms with Crippen molar-refractivity contribution in [2.45, 2.75) is 0 Å². The Hall–Kier alpha value is -0.480. The molecule has 0 aromatic heterocycles. The Balaban J connectivity index is 2.55. The molecule has 1 heterocycles. The molecule has 0 saturated carbocycles. The van der Waals surface area contributed by atoms with Gasteiger partial charge in [-0.15, -0.1) is 0 Å². The summed E-state index contributed by atoms with van der Waals surface area (Å²) in [6.07, 6.45) is 0. The Morgan fingerprint density at radius 2 is 2.08 bits per heavy atom. The van der Waals surface area contributed by atoms with Gasteiger partial charge in [0.05, 0.1) is 5.56 Å². The van der Waals surface area contributed by atoms with Crippen molar-refractivity contribution < 1.29 is 9.42 Å². The Bertz CT molecular complexity index is 421. The normalized spacial score (nSPS) is 25.8. The number of nitrogens with one attached hydrogen (secondary N) is 1. The summed E-state index contributed by atoms with van der Waals surface area (Å²) >= 11 is 9.81. The van der Waals surface area contributed by atoms with Crippen LogP contribution >= 0.6 is 18.9 Å². The molecule has 0 aliphatic carbocycles. The Morgan fingerprint density at radius 3 is 2.85 bits per heavy atom. The van der Waals surface area contributed by atoms with Crippen molar-refractivity contribution in [1.82, 2.24) is 5.09 Å². The zero-order valence-electron chi connectivity index (χ0n) is 6.43. The van der Waals surface area contributed by atoms with Gasteiger partial charge in [0.1, 0.15) is 10.7 Å². The molecule has 0 radical (unpaired) electrons. The molecule has 68 valence electrons. The van der Waals surface area contributed by atoms with Gasteiger partial charge < -0.3 is 9.42 Å². The van der Waals surface area contributed by atoms with Crippen LogP contribution in [0.2, 0.25) is 0 Å². The van der Waals surface area contributed by atoms with E-state index in [1.807, 2.05) is 18.2 Å². The average Bonchev–Trinajstić information content (AvgIpc) is 2.02. The van der Waals surface area contributed by atoms with Gasteiger partial charge in [0.25, 0.3) is 0 Å². The van der Waals surface area contributed by atoms with Gasteiger partial charge in [-0.1, -0.05) is 24.4 Å². The van der Waals surface area contributed by atoms with E-state index >= 15 is 0 Å². The lowest BCUT2D eigenvalue weighted by molar-refractivity contribution is 0.472. The van der Waals surface area contributed by atoms with Crippen LogP contribution in [0, 0.1) is 0 Å². The molecule has 0 spiro atoms. The van der Waals surface area contributed by atoms with Crippen LogP contribution in [0.25, 0.3) is 0 Å². The molecule has 0 saturated heterocycles. The Morgan fingerprint density at radius 1 is 1.38 bits per heavy atom. The second kappa shape index (κ2) is 3.03. The van der Waals surface area contributed by atoms with Crippen LogP contribution in [0.3, 0.4) is 0 Å². The second-order valence-corrected chi connectivity index (χ2v) is 5.89. The molecule has 1 aliphatic rings. The van der Waals surface area contributed by atoms with Gasteiger partial charge in [0, 0.05) is 0 Å². The highest BCUT2D eigenvalue weighted by atomic mass is 32.5. The van der Waals surface area contributed by atoms with Crippen molar-refractivity contribution in [3.05, 3.63) is 29.8 Å². The lowest BCUT2D eigenvalue weighted by atomic mass is 10.2. The third-order valence-corrected chi connectivity index (χ3v) is 3.52. The van der Waals surface area contributed by atoms with Gasteiger partial charge >= 0.3 is 6.64 Å². The van der Waals surface area contributed by atoms with Crippen LogP contribution in [0.1, 0.15) is 5.56 Å². The number of fused-ring (bicyclic) bond motifs is 1. The molecule has 0 bridgehead atoms. The van der Waals surface area contributed by atoms with E-state index < -0.39 is 6.64 Å². The van der Waals surface area contributed by atoms with Gasteiger partial charge in [-0.2, -0.15) is 0 Å². The predicted octanol–water partition coefficient (Wildman–Crippen LogP) is 1.56. The van der Waals surface area contributed by atoms with E-state index in [-0.39, 0.29) is 0 Å². The van der Waals surface area contributed by atoms with Gasteiger partial charge in [0.15, 0.2) is 0 Å². The number of benzene rings is 1. The summed E-state index contributed by atoms with van der Waals surface area (Å²) in [6, 6.07) is 7.21. The predicted molar refractivity (Wildman–Crippen MR) is 58.4 cm³/mol. The Labute approximate surface area is 86.0 Å². The van der Waals surface area contributed by atoms with Gasteiger partial charge in [-0.05, 0) is 23.9 Å². The van der Waals surface area contributed by atoms with Crippen molar-refractivity contribution in [3.8, 4) is 5.75 Å². The molecule has 2 rings (SSSR count). The SMILES string of the molecule is OP1(=S)NC(=S)c2ccccc2O1. The molecule has 0 fully saturated rings. The van der Waals surface area contributed by atoms with E-state index in [9.17, 15) is 4.89 Å². The number of hydrogen-bond acceptors (Lipinski definition) is 3. The van der Waals surface area contributed by atoms with Gasteiger partial charge in [0.2, 0.25) is 0 Å². The lowest BCUT2D eigenvalue weighted by Crippen LogP contribution is -2.26. The third-order valence-electron chi connectivity index (χ3n) is 1.60. The zero-order valence-corrected chi connectivity index (χ0v) is 8.96. The monoisotopic (exact) mass is 231 g/mol. The van der Waals surface area contributed by atoms with Crippen LogP contribution in [-0.2, 0) is 11.8 Å². The molecule has 2 N–H and O–H groups in total. The maximum absolute atomic E-state index is 9.50. The maximum atomic E-state index is 9.50. The minimum Gasteiger partial charge on any atom is -0.428 e. The first-order chi connectivity index (χ1) is 6.08. The van der Waals surface area contributed by atoms with Crippen molar-refractivity contribution in [1.29, 1.82) is 0 Å². The summed E-state index contributed by atoms with van der Waals surface area (Å²) in [5.74, 6) is 0.553. The molecule has 6 heteroatoms. The van der Waals surface area contributed by atoms with Crippen LogP contribution in [0.15, 0.2) is 24.3 Å². The second-order valence-electron chi connectivity index (χ2n) is 2.55. The number of hydrogen-bond donors (Lipinski definition) is 2. The van der Waals surface area contributed by atoms with Crippen LogP contribution in [0.4, 0.5) is 0 Å². The number of rotatable bonds is 0. The first-order valence-corrected chi connectivity index (χ1v) is 6.61. The van der Waals surface area contributed by atoms with Crippen molar-refractivity contribution in [2.24, 2.45) is 0 Å². The summed E-state index contributed by atoms with van der Waals surface area (Å²) in [7, 11) is 0. The Kier molecular flexibility index (Phi) is 2.12. The van der Waals surface area contributed by atoms with Crippen LogP contribution in [-0.4, -0.2) is 9.88 Å². The first kappa shape index (κ1) is 9.09. The molecule has 1 atom stereocenters. The molecule has 3 nitrogen and oxygen atoms in total. The minimum absolute atomic E-state index is 0.452. The highest BCUT2D eigenvalue weighted by Gasteiger charge is 2.26. The fraction of sp³-hybridized carbons (Fsp3) is 0. The van der Waals surface area contributed by atoms with E-state index in [0.29, 0.717) is 10.7 Å². The first-order valence-electron chi connectivity index (χ1n) is 3.52. The molecule has 1 aliphatic heterocycles. The van der Waals surface area contributed by atoms with Gasteiger partial charge in [-0.3, -0.25) is 5.09 Å². The van der Waals surface area contributed by atoms with Crippen molar-refractivity contribution in [3.63, 3.8) is 0 Å². The average molecular weight is 231 g/mol. The number of thiocarbonyl (C=S) groups is 1. The smallest absolute Gasteiger partial charge is 0.337 e. The fourth-order valence-corrected chi connectivity index (χ4v) is 3.16. The van der Waals surface area contributed by atoms with Gasteiger partial charge in [-0.25, -0.2) is 0 Å². The zero-order chi connectivity index (χ0) is 9.47. The van der Waals surface area contributed by atoms with E-state index in [4.69, 9.17) is 28.5 Å². The molecular weight excluding hydrogens is 225 g/mol. The molecule has 1 aromatic carbocycles. The molecule has 1 aromatic rings. The van der Waals surface area contributed by atoms with Crippen LogP contribution in [0.5, 0.6) is 5.75 Å². The quantitative estimate of drug-likeness (QED) is 0.524. The van der Waals surface area contributed by atoms with Crippen molar-refractivity contribution in [2.75, 3.05) is 0 Å². The molecule has 1 unspecified atom stereocenters. The summed E-state index contributed by atoms with van der Waals surface area (Å²) in [6.45, 7) is -2.93. The topological polar surface area (TPSA) is 41.5 Å². The minimum atomic E-state index is -2.93. The molecular formula is C7H6NO2PS2. The fourth-order valence-electron chi connectivity index (χ4n) is 1.08. The highest BCUT2D eigenvalue weighted by molar-refractivity contribution is 8.09. The summed E-state index contributed by atoms with van der Waals surface area (Å²) in [5, 5.41) is 2.60. The molecule has 0 amide bonds. The van der Waals surface area contributed by atoms with Crippen LogP contribution < -0.4 is 9.61 Å². The largest absolute Gasteiger partial charge is 0.428 e. The summed E-state index contributed by atoms with van der Waals surface area (Å²) in [5.41, 5.74) is 0.770. The maximum Gasteiger partial charge on any atom is 0.337 e. The van der Waals surface area contributed by atoms with E-state index in [1.54, 1.807) is 6.07 Å². The summed E-state index contributed by atoms with van der Waals surface area (Å²) in [4.78, 5) is 9.95. The number of para-hydroxylation sites is 1. The molecule has 13 heavy (non-hydrogen) atoms. The van der Waals surface area contributed by atoms with Crippen molar-refractivity contribution >= 4 is 35.7 Å².